The molecule has 0 amide bonds. The van der Waals surface area contributed by atoms with E-state index < -0.39 is 0 Å². The van der Waals surface area contributed by atoms with Gasteiger partial charge in [-0.3, -0.25) is 4.90 Å². The normalized spacial score (nSPS) is 21.4. The first kappa shape index (κ1) is 12.7. The Morgan fingerprint density at radius 1 is 1.41 bits per heavy atom. The molecule has 1 heterocycles. The molecule has 0 aromatic heterocycles. The standard InChI is InChI=1S/C14H20ClNO/c1-12-5-4-8-16(11-12)9-10-17-14-7-3-2-6-13(14)15/h2-3,6-7,12H,4-5,8-11H2,1H3. The van der Waals surface area contributed by atoms with Gasteiger partial charge in [0.15, 0.2) is 0 Å². The van der Waals surface area contributed by atoms with E-state index in [1.165, 1.54) is 25.9 Å². The number of rotatable bonds is 4. The van der Waals surface area contributed by atoms with Crippen LogP contribution < -0.4 is 4.74 Å². The van der Waals surface area contributed by atoms with Crippen molar-refractivity contribution in [3.05, 3.63) is 29.3 Å². The molecular weight excluding hydrogens is 234 g/mol. The lowest BCUT2D eigenvalue weighted by molar-refractivity contribution is 0.153. The lowest BCUT2D eigenvalue weighted by Crippen LogP contribution is -2.37. The second-order valence-corrected chi connectivity index (χ2v) is 5.23. The zero-order valence-corrected chi connectivity index (χ0v) is 11.1. The minimum absolute atomic E-state index is 0.694. The molecule has 1 saturated heterocycles. The van der Waals surface area contributed by atoms with Gasteiger partial charge in [-0.2, -0.15) is 0 Å². The monoisotopic (exact) mass is 253 g/mol. The molecule has 2 nitrogen and oxygen atoms in total. The van der Waals surface area contributed by atoms with Gasteiger partial charge in [0.25, 0.3) is 0 Å². The molecule has 0 spiro atoms. The van der Waals surface area contributed by atoms with Crippen molar-refractivity contribution in [3.8, 4) is 5.75 Å². The van der Waals surface area contributed by atoms with Gasteiger partial charge in [0.1, 0.15) is 12.4 Å². The number of likely N-dealkylation sites (tertiary alicyclic amines) is 1. The number of benzene rings is 1. The molecule has 2 rings (SSSR count). The van der Waals surface area contributed by atoms with Crippen molar-refractivity contribution >= 4 is 11.6 Å². The van der Waals surface area contributed by atoms with E-state index in [-0.39, 0.29) is 0 Å². The Labute approximate surface area is 109 Å². The average molecular weight is 254 g/mol. The predicted molar refractivity (Wildman–Crippen MR) is 71.8 cm³/mol. The van der Waals surface area contributed by atoms with Gasteiger partial charge in [-0.05, 0) is 37.4 Å². The highest BCUT2D eigenvalue weighted by atomic mass is 35.5. The lowest BCUT2D eigenvalue weighted by Gasteiger charge is -2.30. The number of hydrogen-bond donors (Lipinski definition) is 0. The highest BCUT2D eigenvalue weighted by Gasteiger charge is 2.15. The molecule has 1 atom stereocenters. The summed E-state index contributed by atoms with van der Waals surface area (Å²) < 4.78 is 5.70. The van der Waals surface area contributed by atoms with Gasteiger partial charge in [-0.1, -0.05) is 30.7 Å². The van der Waals surface area contributed by atoms with Crippen molar-refractivity contribution in [2.75, 3.05) is 26.2 Å². The Bertz CT molecular complexity index is 356. The molecule has 3 heteroatoms. The third-order valence-electron chi connectivity index (χ3n) is 3.24. The number of piperidine rings is 1. The van der Waals surface area contributed by atoms with E-state index in [0.29, 0.717) is 5.02 Å². The van der Waals surface area contributed by atoms with Crippen molar-refractivity contribution in [2.45, 2.75) is 19.8 Å². The molecule has 1 fully saturated rings. The van der Waals surface area contributed by atoms with Crippen LogP contribution in [0.25, 0.3) is 0 Å². The first-order chi connectivity index (χ1) is 8.25. The maximum Gasteiger partial charge on any atom is 0.137 e. The molecule has 1 aliphatic rings. The first-order valence-electron chi connectivity index (χ1n) is 6.35. The van der Waals surface area contributed by atoms with E-state index in [4.69, 9.17) is 16.3 Å². The van der Waals surface area contributed by atoms with E-state index >= 15 is 0 Å². The number of ether oxygens (including phenoxy) is 1. The molecule has 0 bridgehead atoms. The predicted octanol–water partition coefficient (Wildman–Crippen LogP) is 3.45. The number of para-hydroxylation sites is 1. The Kier molecular flexibility index (Phi) is 4.69. The third kappa shape index (κ3) is 3.90. The van der Waals surface area contributed by atoms with Crippen LogP contribution in [0.5, 0.6) is 5.75 Å². The summed E-state index contributed by atoms with van der Waals surface area (Å²) >= 11 is 6.03. The maximum absolute atomic E-state index is 6.03. The fourth-order valence-electron chi connectivity index (χ4n) is 2.34. The topological polar surface area (TPSA) is 12.5 Å². The Morgan fingerprint density at radius 3 is 3.00 bits per heavy atom. The molecular formula is C14H20ClNO. The van der Waals surface area contributed by atoms with Crippen molar-refractivity contribution in [3.63, 3.8) is 0 Å². The summed E-state index contributed by atoms with van der Waals surface area (Å²) in [7, 11) is 0. The van der Waals surface area contributed by atoms with Crippen LogP contribution in [0.2, 0.25) is 5.02 Å². The van der Waals surface area contributed by atoms with Crippen molar-refractivity contribution in [2.24, 2.45) is 5.92 Å². The van der Waals surface area contributed by atoms with Crippen molar-refractivity contribution < 1.29 is 4.74 Å². The molecule has 0 aliphatic carbocycles. The van der Waals surface area contributed by atoms with Gasteiger partial charge in [0.2, 0.25) is 0 Å². The molecule has 1 unspecified atom stereocenters. The van der Waals surface area contributed by atoms with Crippen LogP contribution >= 0.6 is 11.6 Å². The van der Waals surface area contributed by atoms with Gasteiger partial charge in [0.05, 0.1) is 5.02 Å². The quantitative estimate of drug-likeness (QED) is 0.815. The van der Waals surface area contributed by atoms with E-state index in [2.05, 4.69) is 11.8 Å². The summed E-state index contributed by atoms with van der Waals surface area (Å²) in [6, 6.07) is 7.65. The van der Waals surface area contributed by atoms with Crippen LogP contribution in [-0.2, 0) is 0 Å². The molecule has 0 radical (unpaired) electrons. The number of hydrogen-bond acceptors (Lipinski definition) is 2. The molecule has 17 heavy (non-hydrogen) atoms. The first-order valence-corrected chi connectivity index (χ1v) is 6.73. The van der Waals surface area contributed by atoms with Crippen LogP contribution in [0, 0.1) is 5.92 Å². The van der Waals surface area contributed by atoms with Crippen molar-refractivity contribution in [1.82, 2.24) is 4.90 Å². The van der Waals surface area contributed by atoms with Gasteiger partial charge in [0, 0.05) is 13.1 Å². The van der Waals surface area contributed by atoms with Crippen LogP contribution in [0.3, 0.4) is 0 Å². The highest BCUT2D eigenvalue weighted by molar-refractivity contribution is 6.32. The van der Waals surface area contributed by atoms with E-state index in [1.54, 1.807) is 0 Å². The van der Waals surface area contributed by atoms with Crippen molar-refractivity contribution in [1.29, 1.82) is 0 Å². The van der Waals surface area contributed by atoms with E-state index in [1.807, 2.05) is 24.3 Å². The summed E-state index contributed by atoms with van der Waals surface area (Å²) in [5.41, 5.74) is 0. The van der Waals surface area contributed by atoms with Gasteiger partial charge >= 0.3 is 0 Å². The Hall–Kier alpha value is -0.730. The molecule has 1 aromatic rings. The zero-order chi connectivity index (χ0) is 12.1. The lowest BCUT2D eigenvalue weighted by atomic mass is 10.0. The molecule has 1 aliphatic heterocycles. The Morgan fingerprint density at radius 2 is 2.24 bits per heavy atom. The Balaban J connectivity index is 1.74. The zero-order valence-electron chi connectivity index (χ0n) is 10.4. The fraction of sp³-hybridized carbons (Fsp3) is 0.571. The molecule has 0 saturated carbocycles. The highest BCUT2D eigenvalue weighted by Crippen LogP contribution is 2.23. The summed E-state index contributed by atoms with van der Waals surface area (Å²) in [6.07, 6.45) is 2.68. The SMILES string of the molecule is CC1CCCN(CCOc2ccccc2Cl)C1. The van der Waals surface area contributed by atoms with Crippen LogP contribution in [-0.4, -0.2) is 31.1 Å². The van der Waals surface area contributed by atoms with Crippen LogP contribution in [0.1, 0.15) is 19.8 Å². The maximum atomic E-state index is 6.03. The average Bonchev–Trinajstić information content (AvgIpc) is 2.32. The number of halogens is 1. The van der Waals surface area contributed by atoms with E-state index in [0.717, 1.165) is 24.8 Å². The molecule has 0 N–H and O–H groups in total. The second-order valence-electron chi connectivity index (χ2n) is 4.83. The molecule has 1 aromatic carbocycles. The summed E-state index contributed by atoms with van der Waals surface area (Å²) in [5, 5.41) is 0.694. The summed E-state index contributed by atoms with van der Waals surface area (Å²) in [6.45, 7) is 6.44. The molecule has 94 valence electrons. The minimum Gasteiger partial charge on any atom is -0.491 e. The fourth-order valence-corrected chi connectivity index (χ4v) is 2.53. The van der Waals surface area contributed by atoms with Crippen LogP contribution in [0.15, 0.2) is 24.3 Å². The second kappa shape index (κ2) is 6.27. The summed E-state index contributed by atoms with van der Waals surface area (Å²) in [5.74, 6) is 1.61. The summed E-state index contributed by atoms with van der Waals surface area (Å²) in [4.78, 5) is 2.48. The number of nitrogens with zero attached hydrogens (tertiary/aromatic N) is 1. The van der Waals surface area contributed by atoms with Gasteiger partial charge < -0.3 is 4.74 Å². The third-order valence-corrected chi connectivity index (χ3v) is 3.56. The van der Waals surface area contributed by atoms with Gasteiger partial charge in [-0.25, -0.2) is 0 Å². The smallest absolute Gasteiger partial charge is 0.137 e. The minimum atomic E-state index is 0.694. The van der Waals surface area contributed by atoms with E-state index in [9.17, 15) is 0 Å². The van der Waals surface area contributed by atoms with Crippen LogP contribution in [0.4, 0.5) is 0 Å². The largest absolute Gasteiger partial charge is 0.491 e. The van der Waals surface area contributed by atoms with Gasteiger partial charge in [-0.15, -0.1) is 0 Å².